The van der Waals surface area contributed by atoms with Crippen LogP contribution in [0.2, 0.25) is 0 Å². The fourth-order valence-corrected chi connectivity index (χ4v) is 0.325. The van der Waals surface area contributed by atoms with Crippen molar-refractivity contribution in [2.45, 2.75) is 52.6 Å². The quantitative estimate of drug-likeness (QED) is 0.525. The smallest absolute Gasteiger partial charge is 0.0903 e. The Kier molecular flexibility index (Phi) is 5.49. The Labute approximate surface area is 81.6 Å². The zero-order valence-electron chi connectivity index (χ0n) is 8.80. The molecule has 0 fully saturated rings. The molecule has 0 spiro atoms. The molecular formula is C9H19ClN2. The van der Waals surface area contributed by atoms with E-state index < -0.39 is 0 Å². The Morgan fingerprint density at radius 3 is 1.17 bits per heavy atom. The molecule has 0 atom stereocenters. The van der Waals surface area contributed by atoms with Crippen LogP contribution in [-0.2, 0) is 0 Å². The van der Waals surface area contributed by atoms with Crippen LogP contribution in [0.15, 0.2) is 9.98 Å². The van der Waals surface area contributed by atoms with Gasteiger partial charge in [-0.2, -0.15) is 0 Å². The summed E-state index contributed by atoms with van der Waals surface area (Å²) in [6.07, 6.45) is 0. The summed E-state index contributed by atoms with van der Waals surface area (Å²) >= 11 is 0. The van der Waals surface area contributed by atoms with Gasteiger partial charge in [0, 0.05) is 0 Å². The zero-order valence-corrected chi connectivity index (χ0v) is 9.62. The lowest BCUT2D eigenvalue weighted by Crippen LogP contribution is -2.11. The molecule has 3 heteroatoms. The van der Waals surface area contributed by atoms with Gasteiger partial charge < -0.3 is 0 Å². The van der Waals surface area contributed by atoms with Crippen LogP contribution in [0.1, 0.15) is 41.5 Å². The maximum absolute atomic E-state index is 4.13. The number of aliphatic imine (C=N–C) groups is 2. The van der Waals surface area contributed by atoms with Crippen molar-refractivity contribution in [3.8, 4) is 0 Å². The second kappa shape index (κ2) is 4.64. The van der Waals surface area contributed by atoms with Gasteiger partial charge in [0.2, 0.25) is 0 Å². The minimum absolute atomic E-state index is 0. The van der Waals surface area contributed by atoms with Crippen molar-refractivity contribution in [3.05, 3.63) is 0 Å². The van der Waals surface area contributed by atoms with E-state index in [-0.39, 0.29) is 23.5 Å². The second-order valence-corrected chi connectivity index (χ2v) is 4.67. The monoisotopic (exact) mass is 190 g/mol. The first-order chi connectivity index (χ1) is 4.71. The molecule has 0 aliphatic heterocycles. The van der Waals surface area contributed by atoms with Crippen molar-refractivity contribution in [1.82, 2.24) is 0 Å². The molecule has 0 amide bonds. The van der Waals surface area contributed by atoms with Gasteiger partial charge in [-0.3, -0.25) is 0 Å². The molecule has 0 saturated heterocycles. The van der Waals surface area contributed by atoms with Gasteiger partial charge in [0.05, 0.1) is 17.1 Å². The van der Waals surface area contributed by atoms with Gasteiger partial charge in [-0.15, -0.1) is 12.4 Å². The Bertz CT molecular complexity index is 160. The summed E-state index contributed by atoms with van der Waals surface area (Å²) in [5.74, 6) is 0. The van der Waals surface area contributed by atoms with Crippen molar-refractivity contribution in [3.63, 3.8) is 0 Å². The Morgan fingerprint density at radius 1 is 0.750 bits per heavy atom. The van der Waals surface area contributed by atoms with Gasteiger partial charge in [0.25, 0.3) is 0 Å². The zero-order chi connectivity index (χ0) is 9.12. The highest BCUT2D eigenvalue weighted by molar-refractivity contribution is 5.85. The van der Waals surface area contributed by atoms with Crippen LogP contribution in [-0.4, -0.2) is 17.1 Å². The molecule has 0 saturated carbocycles. The molecule has 0 aromatic heterocycles. The minimum Gasteiger partial charge on any atom is -0.220 e. The molecule has 0 radical (unpaired) electrons. The summed E-state index contributed by atoms with van der Waals surface area (Å²) in [5, 5.41) is 0. The highest BCUT2D eigenvalue weighted by Crippen LogP contribution is 2.06. The molecule has 0 heterocycles. The summed E-state index contributed by atoms with van der Waals surface area (Å²) in [6.45, 7) is 12.2. The van der Waals surface area contributed by atoms with Gasteiger partial charge in [0.15, 0.2) is 0 Å². The molecule has 0 aromatic carbocycles. The Balaban J connectivity index is 0. The minimum atomic E-state index is -0.0608. The van der Waals surface area contributed by atoms with Crippen LogP contribution >= 0.6 is 12.4 Å². The molecule has 0 aliphatic rings. The van der Waals surface area contributed by atoms with Crippen molar-refractivity contribution in [1.29, 1.82) is 0 Å². The summed E-state index contributed by atoms with van der Waals surface area (Å²) in [7, 11) is 0. The van der Waals surface area contributed by atoms with E-state index in [4.69, 9.17) is 0 Å². The van der Waals surface area contributed by atoms with Gasteiger partial charge in [-0.25, -0.2) is 9.98 Å². The summed E-state index contributed by atoms with van der Waals surface area (Å²) in [4.78, 5) is 8.25. The van der Waals surface area contributed by atoms with E-state index in [1.807, 2.05) is 41.5 Å². The predicted octanol–water partition coefficient (Wildman–Crippen LogP) is 3.18. The molecule has 12 heavy (non-hydrogen) atoms. The first-order valence-electron chi connectivity index (χ1n) is 3.89. The maximum Gasteiger partial charge on any atom is 0.0903 e. The van der Waals surface area contributed by atoms with Crippen molar-refractivity contribution in [2.75, 3.05) is 0 Å². The highest BCUT2D eigenvalue weighted by atomic mass is 35.5. The van der Waals surface area contributed by atoms with E-state index in [1.54, 1.807) is 0 Å². The molecule has 0 bridgehead atoms. The summed E-state index contributed by atoms with van der Waals surface area (Å²) < 4.78 is 0. The van der Waals surface area contributed by atoms with E-state index in [1.165, 1.54) is 0 Å². The number of halogens is 1. The van der Waals surface area contributed by atoms with Crippen LogP contribution in [0, 0.1) is 0 Å². The molecular weight excluding hydrogens is 172 g/mol. The normalized spacial score (nSPS) is 11.2. The topological polar surface area (TPSA) is 24.7 Å². The SMILES string of the molecule is CC(C)(C)N=C=NC(C)(C)C.Cl. The van der Waals surface area contributed by atoms with E-state index in [9.17, 15) is 0 Å². The lowest BCUT2D eigenvalue weighted by molar-refractivity contribution is 0.571. The van der Waals surface area contributed by atoms with Crippen molar-refractivity contribution < 1.29 is 0 Å². The van der Waals surface area contributed by atoms with E-state index in [0.29, 0.717) is 0 Å². The number of nitrogens with zero attached hydrogens (tertiary/aromatic N) is 2. The third-order valence-electron chi connectivity index (χ3n) is 0.771. The van der Waals surface area contributed by atoms with Gasteiger partial charge >= 0.3 is 0 Å². The molecule has 0 N–H and O–H groups in total. The Morgan fingerprint density at radius 2 is 1.00 bits per heavy atom. The Hall–Kier alpha value is -0.330. The number of rotatable bonds is 0. The van der Waals surface area contributed by atoms with Crippen LogP contribution in [0.4, 0.5) is 0 Å². The fraction of sp³-hybridized carbons (Fsp3) is 0.889. The molecule has 2 nitrogen and oxygen atoms in total. The third-order valence-corrected chi connectivity index (χ3v) is 0.771. The molecule has 72 valence electrons. The average Bonchev–Trinajstić information content (AvgIpc) is 1.55. The van der Waals surface area contributed by atoms with Crippen molar-refractivity contribution >= 4 is 18.4 Å². The average molecular weight is 191 g/mol. The largest absolute Gasteiger partial charge is 0.220 e. The van der Waals surface area contributed by atoms with Crippen molar-refractivity contribution in [2.24, 2.45) is 9.98 Å². The summed E-state index contributed by atoms with van der Waals surface area (Å²) in [6, 6.07) is 2.72. The van der Waals surface area contributed by atoms with E-state index in [2.05, 4.69) is 16.0 Å². The van der Waals surface area contributed by atoms with Crippen LogP contribution in [0.3, 0.4) is 0 Å². The second-order valence-electron chi connectivity index (χ2n) is 4.67. The van der Waals surface area contributed by atoms with E-state index in [0.717, 1.165) is 0 Å². The third kappa shape index (κ3) is 12.4. The number of hydrogen-bond acceptors (Lipinski definition) is 2. The molecule has 0 aromatic rings. The lowest BCUT2D eigenvalue weighted by Gasteiger charge is -2.10. The lowest BCUT2D eigenvalue weighted by atomic mass is 10.1. The number of hydrogen-bond donors (Lipinski definition) is 0. The molecule has 0 rings (SSSR count). The van der Waals surface area contributed by atoms with Crippen LogP contribution in [0.5, 0.6) is 0 Å². The molecule has 0 aliphatic carbocycles. The van der Waals surface area contributed by atoms with E-state index >= 15 is 0 Å². The first-order valence-corrected chi connectivity index (χ1v) is 3.89. The fourth-order valence-electron chi connectivity index (χ4n) is 0.325. The van der Waals surface area contributed by atoms with Crippen LogP contribution in [0.25, 0.3) is 0 Å². The summed E-state index contributed by atoms with van der Waals surface area (Å²) in [5.41, 5.74) is -0.122. The van der Waals surface area contributed by atoms with Gasteiger partial charge in [0.1, 0.15) is 0 Å². The van der Waals surface area contributed by atoms with Gasteiger partial charge in [-0.05, 0) is 41.5 Å². The standard InChI is InChI=1S/C9H18N2.ClH/c1-8(2,3)10-7-11-9(4,5)6;/h1-6H3;1H. The van der Waals surface area contributed by atoms with Gasteiger partial charge in [-0.1, -0.05) is 0 Å². The highest BCUT2D eigenvalue weighted by Gasteiger charge is 2.07. The van der Waals surface area contributed by atoms with Crippen LogP contribution < -0.4 is 0 Å². The molecule has 0 unspecified atom stereocenters. The predicted molar refractivity (Wildman–Crippen MR) is 56.6 cm³/mol. The first kappa shape index (κ1) is 14.2. The maximum atomic E-state index is 4.13.